The van der Waals surface area contributed by atoms with Gasteiger partial charge < -0.3 is 179 Å². The molecule has 21 saturated heterocycles. The van der Waals surface area contributed by atoms with Gasteiger partial charge in [0, 0.05) is 26.6 Å². The van der Waals surface area contributed by atoms with Crippen molar-refractivity contribution in [1.29, 1.82) is 0 Å². The SMILES string of the molecule is CC(=O)NCCNC[C@H]1O[C@@H]2O[C@H]3[C@H](O)[C@@H](O)[C@@H](O[C@H]4[C@H](O)[C@@H](O)[C@@H](O[C@H]5[C@H](O)[C@@H](O)[C@@H](O[C@H]6[C@H](O)[C@@H](O)[C@@H](O[C@H]7[C@H](O)[C@@H](O)[C@@H](O[C@H]8[C@H](O)[C@@H](O)[C@@H](O[C@H]1[C@H](O)[C@H]2O)O[C@@H]8CO)O[C@@H]7CO)O[C@@H]6CO)O[C@@H]5CO)O[C@@H]4CO)O[C@@H]3CO. The number of aliphatic hydroxyl groups is 20. The van der Waals surface area contributed by atoms with Crippen molar-refractivity contribution in [3.8, 4) is 0 Å². The minimum atomic E-state index is -2.21. The molecule has 0 aromatic heterocycles. The van der Waals surface area contributed by atoms with Crippen molar-refractivity contribution in [2.24, 2.45) is 0 Å². The van der Waals surface area contributed by atoms with Crippen molar-refractivity contribution >= 4 is 5.91 Å². The zero-order chi connectivity index (χ0) is 60.5. The summed E-state index contributed by atoms with van der Waals surface area (Å²) in [6.07, 6.45) is -69.9. The number of hydrogen-bond donors (Lipinski definition) is 22. The first kappa shape index (κ1) is 67.0. The first-order valence-electron chi connectivity index (χ1n) is 26.8. The molecule has 21 fully saturated rings. The Balaban J connectivity index is 1.09. The van der Waals surface area contributed by atoms with Gasteiger partial charge in [-0.2, -0.15) is 0 Å². The summed E-state index contributed by atoms with van der Waals surface area (Å²) < 4.78 is 80.9. The van der Waals surface area contributed by atoms with Crippen LogP contribution < -0.4 is 10.6 Å². The minimum absolute atomic E-state index is 0.0433. The highest BCUT2D eigenvalue weighted by atomic mass is 16.8. The van der Waals surface area contributed by atoms with Crippen LogP contribution in [0, 0.1) is 0 Å². The zero-order valence-corrected chi connectivity index (χ0v) is 44.1. The van der Waals surface area contributed by atoms with Gasteiger partial charge in [0.05, 0.1) is 39.6 Å². The van der Waals surface area contributed by atoms with Gasteiger partial charge in [0.2, 0.25) is 5.91 Å². The number of aliphatic hydroxyl groups excluding tert-OH is 20. The standard InChI is InChI=1S/C46H78N2O35/c1-11(55)48-3-2-47-4-12-33-19(56)26(63)40(70-12)78-34-13(5-49)72-42(28(65)21(34)58)80-36-15(7-51)74-44(30(67)23(36)60)82-38-17(9-53)76-46(32(69)25(38)62)83-39-18(10-54)75-45(31(68)24(39)61)81-37-16(8-52)73-43(29(66)22(37)59)79-35-14(6-50)71-41(77-33)27(64)20(35)57/h12-47,49-54,56-69H,2-10H2,1H3,(H,48,55)/t12-,13-,14-,15-,16-,17-,18-,19-,20-,21-,22-,23-,24-,25-,26-,27-,28-,29-,30-,31-,32-,33-,34-,35-,36-,37-,38-,39-,40-,41-,42-,43-,44-,45-,46-/m1/s1. The third-order valence-corrected chi connectivity index (χ3v) is 15.6. The summed E-state index contributed by atoms with van der Waals surface area (Å²) in [7, 11) is 0. The summed E-state index contributed by atoms with van der Waals surface area (Å²) in [5, 5.41) is 228. The largest absolute Gasteiger partial charge is 0.394 e. The average molecular weight is 1220 g/mol. The second-order valence-electron chi connectivity index (χ2n) is 21.2. The molecule has 22 N–H and O–H groups in total. The number of carbonyl (C=O) groups excluding carboxylic acids is 1. The molecule has 37 nitrogen and oxygen atoms in total. The van der Waals surface area contributed by atoms with Crippen LogP contribution in [0.3, 0.4) is 0 Å². The lowest BCUT2D eigenvalue weighted by molar-refractivity contribution is -0.396. The molecule has 83 heavy (non-hydrogen) atoms. The van der Waals surface area contributed by atoms with E-state index in [0.717, 1.165) is 0 Å². The molecule has 37 heteroatoms. The van der Waals surface area contributed by atoms with E-state index in [1.165, 1.54) is 6.92 Å². The van der Waals surface area contributed by atoms with E-state index in [1.54, 1.807) is 0 Å². The number of rotatable bonds is 11. The van der Waals surface area contributed by atoms with Crippen LogP contribution in [0.1, 0.15) is 6.92 Å². The van der Waals surface area contributed by atoms with Gasteiger partial charge in [-0.3, -0.25) is 4.79 Å². The van der Waals surface area contributed by atoms with Crippen LogP contribution in [0.5, 0.6) is 0 Å². The number of hydrogen-bond acceptors (Lipinski definition) is 36. The first-order valence-corrected chi connectivity index (χ1v) is 26.8. The molecule has 21 aliphatic heterocycles. The third-order valence-electron chi connectivity index (χ3n) is 15.6. The summed E-state index contributed by atoms with van der Waals surface area (Å²) in [6, 6.07) is 0. The molecule has 0 radical (unpaired) electrons. The lowest BCUT2D eigenvalue weighted by atomic mass is 9.95. The van der Waals surface area contributed by atoms with Crippen molar-refractivity contribution in [2.75, 3.05) is 59.3 Å². The van der Waals surface area contributed by atoms with Crippen molar-refractivity contribution in [3.63, 3.8) is 0 Å². The maximum Gasteiger partial charge on any atom is 0.216 e. The molecular formula is C46H78N2O35. The third kappa shape index (κ3) is 14.1. The van der Waals surface area contributed by atoms with Crippen LogP contribution in [0.15, 0.2) is 0 Å². The Morgan fingerprint density at radius 2 is 0.458 bits per heavy atom. The molecule has 35 atom stereocenters. The minimum Gasteiger partial charge on any atom is -0.394 e. The lowest BCUT2D eigenvalue weighted by Gasteiger charge is -2.50. The Hall–Kier alpha value is -1.93. The second kappa shape index (κ2) is 29.1. The Labute approximate surface area is 470 Å². The fraction of sp³-hybridized carbons (Fsp3) is 0.978. The quantitative estimate of drug-likeness (QED) is 0.0854. The highest BCUT2D eigenvalue weighted by Gasteiger charge is 2.59. The van der Waals surface area contributed by atoms with Crippen LogP contribution in [0.25, 0.3) is 0 Å². The Kier molecular flexibility index (Phi) is 23.5. The van der Waals surface area contributed by atoms with Crippen LogP contribution in [0.2, 0.25) is 0 Å². The molecule has 1 amide bonds. The van der Waals surface area contributed by atoms with Crippen LogP contribution >= 0.6 is 0 Å². The zero-order valence-electron chi connectivity index (χ0n) is 44.1. The van der Waals surface area contributed by atoms with Gasteiger partial charge in [-0.25, -0.2) is 0 Å². The molecular weight excluding hydrogens is 1140 g/mol. The Morgan fingerprint density at radius 1 is 0.277 bits per heavy atom. The maximum absolute atomic E-state index is 11.7. The van der Waals surface area contributed by atoms with Gasteiger partial charge in [0.1, 0.15) is 171 Å². The fourth-order valence-corrected chi connectivity index (χ4v) is 11.0. The van der Waals surface area contributed by atoms with Crippen LogP contribution in [-0.2, 0) is 71.1 Å². The van der Waals surface area contributed by atoms with Crippen molar-refractivity contribution in [3.05, 3.63) is 0 Å². The molecule has 0 aliphatic carbocycles. The van der Waals surface area contributed by atoms with Gasteiger partial charge in [-0.1, -0.05) is 0 Å². The van der Waals surface area contributed by atoms with Gasteiger partial charge in [-0.05, 0) is 0 Å². The Bertz CT molecular complexity index is 2000. The van der Waals surface area contributed by atoms with E-state index in [1.807, 2.05) is 0 Å². The first-order chi connectivity index (χ1) is 39.5. The maximum atomic E-state index is 11.7. The highest BCUT2D eigenvalue weighted by molar-refractivity contribution is 5.72. The summed E-state index contributed by atoms with van der Waals surface area (Å²) >= 11 is 0. The van der Waals surface area contributed by atoms with E-state index in [4.69, 9.17) is 66.3 Å². The van der Waals surface area contributed by atoms with E-state index in [9.17, 15) is 107 Å². The molecule has 21 heterocycles. The van der Waals surface area contributed by atoms with Crippen molar-refractivity contribution in [2.45, 2.75) is 222 Å². The van der Waals surface area contributed by atoms with E-state index in [0.29, 0.717) is 0 Å². The number of carbonyl (C=O) groups is 1. The highest BCUT2D eigenvalue weighted by Crippen LogP contribution is 2.39. The van der Waals surface area contributed by atoms with E-state index < -0.39 is 255 Å². The monoisotopic (exact) mass is 1220 g/mol. The number of amides is 1. The molecule has 14 bridgehead atoms. The summed E-state index contributed by atoms with van der Waals surface area (Å²) in [4.78, 5) is 11.5. The molecule has 482 valence electrons. The molecule has 21 rings (SSSR count). The van der Waals surface area contributed by atoms with Crippen LogP contribution in [0.4, 0.5) is 0 Å². The van der Waals surface area contributed by atoms with Gasteiger partial charge >= 0.3 is 0 Å². The molecule has 0 unspecified atom stereocenters. The van der Waals surface area contributed by atoms with Crippen LogP contribution in [-0.4, -0.2) is 382 Å². The number of ether oxygens (including phenoxy) is 14. The second-order valence-corrected chi connectivity index (χ2v) is 21.2. The van der Waals surface area contributed by atoms with E-state index >= 15 is 0 Å². The average Bonchev–Trinajstić information content (AvgIpc) is 3.18. The normalized spacial score (nSPS) is 52.1. The van der Waals surface area contributed by atoms with E-state index in [2.05, 4.69) is 10.6 Å². The van der Waals surface area contributed by atoms with Crippen molar-refractivity contribution in [1.82, 2.24) is 10.6 Å². The predicted molar refractivity (Wildman–Crippen MR) is 253 cm³/mol. The molecule has 0 spiro atoms. The summed E-state index contributed by atoms with van der Waals surface area (Å²) in [5.74, 6) is -0.387. The smallest absolute Gasteiger partial charge is 0.216 e. The summed E-state index contributed by atoms with van der Waals surface area (Å²) in [5.41, 5.74) is 0. The fourth-order valence-electron chi connectivity index (χ4n) is 11.0. The number of nitrogens with one attached hydrogen (secondary N) is 2. The lowest BCUT2D eigenvalue weighted by Crippen LogP contribution is -2.68. The Morgan fingerprint density at radius 3 is 0.639 bits per heavy atom. The molecule has 0 aromatic rings. The molecule has 21 aliphatic rings. The molecule has 0 aromatic carbocycles. The summed E-state index contributed by atoms with van der Waals surface area (Å²) in [6.45, 7) is -5.27. The van der Waals surface area contributed by atoms with E-state index in [-0.39, 0.29) is 25.5 Å². The predicted octanol–water partition coefficient (Wildman–Crippen LogP) is -15.5. The molecule has 0 saturated carbocycles. The van der Waals surface area contributed by atoms with Gasteiger partial charge in [0.15, 0.2) is 44.0 Å². The van der Waals surface area contributed by atoms with Gasteiger partial charge in [-0.15, -0.1) is 0 Å². The topological polar surface area (TPSA) is 575 Å². The van der Waals surface area contributed by atoms with Crippen molar-refractivity contribution < 1.29 is 173 Å². The van der Waals surface area contributed by atoms with Gasteiger partial charge in [0.25, 0.3) is 0 Å².